The van der Waals surface area contributed by atoms with Crippen molar-refractivity contribution >= 4 is 11.6 Å². The zero-order chi connectivity index (χ0) is 16.6. The fraction of sp³-hybridized carbons (Fsp3) is 0.375. The molecule has 0 aliphatic carbocycles. The summed E-state index contributed by atoms with van der Waals surface area (Å²) in [5.41, 5.74) is 0.894. The summed E-state index contributed by atoms with van der Waals surface area (Å²) in [6.07, 6.45) is 0. The minimum absolute atomic E-state index is 0.0827. The highest BCUT2D eigenvalue weighted by Crippen LogP contribution is 2.42. The second-order valence-corrected chi connectivity index (χ2v) is 5.40. The zero-order valence-corrected chi connectivity index (χ0v) is 13.4. The van der Waals surface area contributed by atoms with Crippen molar-refractivity contribution in [3.05, 3.63) is 35.2 Å². The second-order valence-electron chi connectivity index (χ2n) is 5.40. The molecule has 2 aromatic rings. The summed E-state index contributed by atoms with van der Waals surface area (Å²) >= 11 is 0. The molecule has 1 N–H and O–H groups in total. The highest BCUT2D eigenvalue weighted by molar-refractivity contribution is 5.93. The number of fused-ring (bicyclic) bond motifs is 1. The summed E-state index contributed by atoms with van der Waals surface area (Å²) in [6.45, 7) is 3.50. The first-order valence-electron chi connectivity index (χ1n) is 7.12. The number of hydrogen-bond acceptors (Lipinski definition) is 6. The van der Waals surface area contributed by atoms with Gasteiger partial charge in [0.05, 0.1) is 14.2 Å². The molecule has 1 aromatic carbocycles. The summed E-state index contributed by atoms with van der Waals surface area (Å²) < 4.78 is 21.7. The number of benzene rings is 1. The van der Waals surface area contributed by atoms with Crippen molar-refractivity contribution in [3.63, 3.8) is 0 Å². The Morgan fingerprint density at radius 2 is 2.00 bits per heavy atom. The van der Waals surface area contributed by atoms with Crippen LogP contribution in [0.4, 0.5) is 5.69 Å². The lowest BCUT2D eigenvalue weighted by molar-refractivity contribution is -0.124. The number of rotatable bonds is 3. The number of methoxy groups -OCH3 is 2. The maximum Gasteiger partial charge on any atom is 0.250 e. The number of carbonyl (C=O) groups excluding carboxylic acids is 1. The first-order chi connectivity index (χ1) is 11.0. The van der Waals surface area contributed by atoms with Crippen LogP contribution in [0.25, 0.3) is 0 Å². The van der Waals surface area contributed by atoms with Gasteiger partial charge >= 0.3 is 0 Å². The van der Waals surface area contributed by atoms with Crippen molar-refractivity contribution < 1.29 is 23.5 Å². The smallest absolute Gasteiger partial charge is 0.250 e. The molecular weight excluding hydrogens is 300 g/mol. The lowest BCUT2D eigenvalue weighted by Gasteiger charge is -2.27. The van der Waals surface area contributed by atoms with E-state index >= 15 is 0 Å². The normalized spacial score (nSPS) is 20.4. The number of aryl methyl sites for hydroxylation is 1. The Kier molecular flexibility index (Phi) is 3.73. The van der Waals surface area contributed by atoms with Crippen LogP contribution in [0, 0.1) is 6.92 Å². The molecule has 0 fully saturated rings. The standard InChI is InChI=1S/C16H18N2O5/c1-9-14-15(18-23-9)16(2,22-8-13(19)17-14)10-5-6-11(20-3)12(7-10)21-4/h5-7H,8H2,1-4H3,(H,17,19). The van der Waals surface area contributed by atoms with Crippen LogP contribution in [0.15, 0.2) is 22.7 Å². The third-order valence-electron chi connectivity index (χ3n) is 4.01. The Labute approximate surface area is 133 Å². The van der Waals surface area contributed by atoms with E-state index in [-0.39, 0.29) is 12.5 Å². The van der Waals surface area contributed by atoms with Crippen molar-refractivity contribution in [2.24, 2.45) is 0 Å². The van der Waals surface area contributed by atoms with Crippen molar-refractivity contribution in [2.75, 3.05) is 26.1 Å². The number of aromatic nitrogens is 1. The molecule has 1 aliphatic rings. The van der Waals surface area contributed by atoms with E-state index in [4.69, 9.17) is 18.7 Å². The van der Waals surface area contributed by atoms with Crippen LogP contribution in [0.5, 0.6) is 11.5 Å². The van der Waals surface area contributed by atoms with Crippen molar-refractivity contribution in [2.45, 2.75) is 19.4 Å². The Morgan fingerprint density at radius 3 is 2.70 bits per heavy atom. The molecule has 23 heavy (non-hydrogen) atoms. The van der Waals surface area contributed by atoms with Gasteiger partial charge in [-0.3, -0.25) is 4.79 Å². The van der Waals surface area contributed by atoms with E-state index in [2.05, 4.69) is 10.5 Å². The summed E-state index contributed by atoms with van der Waals surface area (Å²) in [7, 11) is 3.14. The Bertz CT molecular complexity index is 755. The van der Waals surface area contributed by atoms with E-state index in [0.717, 1.165) is 5.56 Å². The molecule has 1 unspecified atom stereocenters. The maximum absolute atomic E-state index is 11.9. The van der Waals surface area contributed by atoms with E-state index in [1.165, 1.54) is 0 Å². The maximum atomic E-state index is 11.9. The highest BCUT2D eigenvalue weighted by Gasteiger charge is 2.40. The van der Waals surface area contributed by atoms with E-state index in [0.29, 0.717) is 28.6 Å². The number of carbonyl (C=O) groups is 1. The van der Waals surface area contributed by atoms with Crippen LogP contribution >= 0.6 is 0 Å². The molecule has 7 heteroatoms. The predicted octanol–water partition coefficient (Wildman–Crippen LogP) is 2.23. The number of hydrogen-bond donors (Lipinski definition) is 1. The van der Waals surface area contributed by atoms with Crippen molar-refractivity contribution in [1.29, 1.82) is 0 Å². The van der Waals surface area contributed by atoms with Crippen LogP contribution in [0.3, 0.4) is 0 Å². The number of ether oxygens (including phenoxy) is 3. The van der Waals surface area contributed by atoms with Gasteiger partial charge in [0, 0.05) is 0 Å². The van der Waals surface area contributed by atoms with Gasteiger partial charge in [0.2, 0.25) is 0 Å². The molecule has 3 rings (SSSR count). The monoisotopic (exact) mass is 318 g/mol. The lowest BCUT2D eigenvalue weighted by atomic mass is 9.90. The third kappa shape index (κ3) is 2.43. The van der Waals surface area contributed by atoms with Gasteiger partial charge in [-0.25, -0.2) is 0 Å². The fourth-order valence-corrected chi connectivity index (χ4v) is 2.65. The SMILES string of the molecule is COc1ccc(C2(C)OCC(=O)Nc3c2noc3C)cc1OC. The molecule has 0 radical (unpaired) electrons. The van der Waals surface area contributed by atoms with E-state index < -0.39 is 5.60 Å². The Hall–Kier alpha value is -2.54. The van der Waals surface area contributed by atoms with Gasteiger partial charge in [0.15, 0.2) is 17.3 Å². The van der Waals surface area contributed by atoms with E-state index in [1.54, 1.807) is 27.2 Å². The summed E-state index contributed by atoms with van der Waals surface area (Å²) in [5.74, 6) is 1.46. The topological polar surface area (TPSA) is 82.8 Å². The van der Waals surface area contributed by atoms with Gasteiger partial charge in [0.25, 0.3) is 5.91 Å². The molecule has 1 aromatic heterocycles. The molecule has 0 bridgehead atoms. The molecule has 0 spiro atoms. The minimum Gasteiger partial charge on any atom is -0.493 e. The molecule has 0 saturated carbocycles. The van der Waals surface area contributed by atoms with Crippen LogP contribution < -0.4 is 14.8 Å². The van der Waals surface area contributed by atoms with Gasteiger partial charge in [-0.2, -0.15) is 0 Å². The van der Waals surface area contributed by atoms with Gasteiger partial charge in [-0.15, -0.1) is 0 Å². The Morgan fingerprint density at radius 1 is 1.26 bits per heavy atom. The average Bonchev–Trinajstić information content (AvgIpc) is 2.86. The zero-order valence-electron chi connectivity index (χ0n) is 13.4. The van der Waals surface area contributed by atoms with Gasteiger partial charge < -0.3 is 24.1 Å². The summed E-state index contributed by atoms with van der Waals surface area (Å²) in [5, 5.41) is 6.86. The Balaban J connectivity index is 2.15. The number of nitrogens with zero attached hydrogens (tertiary/aromatic N) is 1. The second kappa shape index (κ2) is 5.58. The predicted molar refractivity (Wildman–Crippen MR) is 81.8 cm³/mol. The van der Waals surface area contributed by atoms with E-state index in [1.807, 2.05) is 19.1 Å². The number of amides is 1. The molecular formula is C16H18N2O5. The van der Waals surface area contributed by atoms with Crippen molar-refractivity contribution in [3.8, 4) is 11.5 Å². The average molecular weight is 318 g/mol. The molecule has 1 atom stereocenters. The quantitative estimate of drug-likeness (QED) is 0.934. The van der Waals surface area contributed by atoms with Crippen LogP contribution in [-0.4, -0.2) is 31.9 Å². The molecule has 7 nitrogen and oxygen atoms in total. The lowest BCUT2D eigenvalue weighted by Crippen LogP contribution is -2.28. The van der Waals surface area contributed by atoms with Gasteiger partial charge in [0.1, 0.15) is 23.6 Å². The minimum atomic E-state index is -0.953. The molecule has 2 heterocycles. The summed E-state index contributed by atoms with van der Waals surface area (Å²) in [6, 6.07) is 5.45. The molecule has 1 amide bonds. The first kappa shape index (κ1) is 15.4. The number of anilines is 1. The highest BCUT2D eigenvalue weighted by atomic mass is 16.5. The van der Waals surface area contributed by atoms with Crippen LogP contribution in [-0.2, 0) is 15.1 Å². The molecule has 122 valence electrons. The summed E-state index contributed by atoms with van der Waals surface area (Å²) in [4.78, 5) is 11.9. The van der Waals surface area contributed by atoms with Gasteiger partial charge in [-0.1, -0.05) is 11.2 Å². The fourth-order valence-electron chi connectivity index (χ4n) is 2.65. The van der Waals surface area contributed by atoms with Crippen molar-refractivity contribution in [1.82, 2.24) is 5.16 Å². The molecule has 0 saturated heterocycles. The largest absolute Gasteiger partial charge is 0.493 e. The van der Waals surface area contributed by atoms with Crippen LogP contribution in [0.1, 0.15) is 23.9 Å². The van der Waals surface area contributed by atoms with E-state index in [9.17, 15) is 4.79 Å². The number of nitrogens with one attached hydrogen (secondary N) is 1. The third-order valence-corrected chi connectivity index (χ3v) is 4.01. The molecule has 1 aliphatic heterocycles. The van der Waals surface area contributed by atoms with Gasteiger partial charge in [-0.05, 0) is 31.5 Å². The first-order valence-corrected chi connectivity index (χ1v) is 7.12. The van der Waals surface area contributed by atoms with Crippen LogP contribution in [0.2, 0.25) is 0 Å².